The second kappa shape index (κ2) is 7.49. The lowest BCUT2D eigenvalue weighted by atomic mass is 10.2. The fourth-order valence-corrected chi connectivity index (χ4v) is 3.40. The molecule has 144 valence electrons. The topological polar surface area (TPSA) is 54.2 Å². The molecule has 0 atom stereocenters. The number of anilines is 1. The first-order valence-corrected chi connectivity index (χ1v) is 9.18. The van der Waals surface area contributed by atoms with Gasteiger partial charge in [-0.05, 0) is 37.6 Å². The summed E-state index contributed by atoms with van der Waals surface area (Å²) < 4.78 is 40.4. The number of thiazole rings is 1. The smallest absolute Gasteiger partial charge is 0.286 e. The Labute approximate surface area is 162 Å². The van der Waals surface area contributed by atoms with E-state index in [-0.39, 0.29) is 17.7 Å². The molecule has 0 aliphatic heterocycles. The summed E-state index contributed by atoms with van der Waals surface area (Å²) in [5.74, 6) is 0. The van der Waals surface area contributed by atoms with Gasteiger partial charge in [-0.3, -0.25) is 9.89 Å². The first kappa shape index (κ1) is 19.7. The van der Waals surface area contributed by atoms with Crippen molar-refractivity contribution in [2.75, 3.05) is 5.06 Å². The van der Waals surface area contributed by atoms with Crippen LogP contribution in [0.2, 0.25) is 5.02 Å². The van der Waals surface area contributed by atoms with Crippen LogP contribution < -0.4 is 5.06 Å². The molecule has 0 aliphatic rings. The van der Waals surface area contributed by atoms with Crippen LogP contribution in [0.5, 0.6) is 0 Å². The molecule has 1 aromatic carbocycles. The minimum atomic E-state index is -4.53. The largest absolute Gasteiger partial charge is 0.435 e. The third-order valence-electron chi connectivity index (χ3n) is 3.73. The summed E-state index contributed by atoms with van der Waals surface area (Å²) in [6, 6.07) is 7.68. The van der Waals surface area contributed by atoms with Gasteiger partial charge in [-0.1, -0.05) is 35.1 Å². The summed E-state index contributed by atoms with van der Waals surface area (Å²) in [5.41, 5.74) is 0.161. The number of rotatable bonds is 5. The fraction of sp³-hybridized carbons (Fsp3) is 0.294. The maximum absolute atomic E-state index is 13.0. The van der Waals surface area contributed by atoms with Crippen molar-refractivity contribution in [1.82, 2.24) is 14.8 Å². The normalized spacial score (nSPS) is 12.0. The number of halogens is 4. The van der Waals surface area contributed by atoms with Gasteiger partial charge in [-0.25, -0.2) is 10.0 Å². The van der Waals surface area contributed by atoms with Crippen molar-refractivity contribution in [3.8, 4) is 10.6 Å². The van der Waals surface area contributed by atoms with Crippen LogP contribution in [0.1, 0.15) is 31.1 Å². The van der Waals surface area contributed by atoms with Crippen LogP contribution >= 0.6 is 22.9 Å². The van der Waals surface area contributed by atoms with E-state index in [2.05, 4.69) is 10.1 Å². The molecule has 2 heterocycles. The molecule has 3 aromatic rings. The van der Waals surface area contributed by atoms with E-state index in [0.717, 1.165) is 28.0 Å². The van der Waals surface area contributed by atoms with E-state index < -0.39 is 11.9 Å². The minimum absolute atomic E-state index is 0.168. The Hall–Kier alpha value is -2.10. The van der Waals surface area contributed by atoms with Crippen LogP contribution in [0.3, 0.4) is 0 Å². The monoisotopic (exact) mass is 416 g/mol. The zero-order valence-corrected chi connectivity index (χ0v) is 16.0. The highest BCUT2D eigenvalue weighted by Crippen LogP contribution is 2.36. The molecule has 0 fully saturated rings. The van der Waals surface area contributed by atoms with Crippen molar-refractivity contribution in [3.63, 3.8) is 0 Å². The van der Waals surface area contributed by atoms with Gasteiger partial charge in [-0.15, -0.1) is 0 Å². The molecule has 5 nitrogen and oxygen atoms in total. The third kappa shape index (κ3) is 4.42. The second-order valence-electron chi connectivity index (χ2n) is 6.14. The lowest BCUT2D eigenvalue weighted by Gasteiger charge is -2.13. The number of hydrogen-bond donors (Lipinski definition) is 1. The number of benzene rings is 1. The van der Waals surface area contributed by atoms with E-state index in [4.69, 9.17) is 11.6 Å². The quantitative estimate of drug-likeness (QED) is 0.545. The van der Waals surface area contributed by atoms with Crippen molar-refractivity contribution in [3.05, 3.63) is 52.8 Å². The Morgan fingerprint density at radius 2 is 1.93 bits per heavy atom. The molecule has 0 saturated heterocycles. The summed E-state index contributed by atoms with van der Waals surface area (Å²) >= 11 is 6.92. The molecule has 27 heavy (non-hydrogen) atoms. The van der Waals surface area contributed by atoms with E-state index in [1.54, 1.807) is 38.1 Å². The average molecular weight is 417 g/mol. The molecular weight excluding hydrogens is 401 g/mol. The Bertz CT molecular complexity index is 921. The SMILES string of the molecule is CC(C)n1nc(C(F)(F)F)cc1-c1cnc(N(O)Cc2ccc(Cl)cc2)s1. The lowest BCUT2D eigenvalue weighted by molar-refractivity contribution is -0.141. The van der Waals surface area contributed by atoms with Gasteiger partial charge in [0.1, 0.15) is 0 Å². The summed E-state index contributed by atoms with van der Waals surface area (Å²) in [6.07, 6.45) is -3.10. The highest BCUT2D eigenvalue weighted by atomic mass is 35.5. The van der Waals surface area contributed by atoms with Crippen molar-refractivity contribution < 1.29 is 18.4 Å². The zero-order valence-electron chi connectivity index (χ0n) is 14.4. The van der Waals surface area contributed by atoms with Gasteiger partial charge >= 0.3 is 6.18 Å². The minimum Gasteiger partial charge on any atom is -0.286 e. The van der Waals surface area contributed by atoms with Gasteiger partial charge in [0.05, 0.1) is 17.1 Å². The molecule has 0 saturated carbocycles. The Morgan fingerprint density at radius 1 is 1.26 bits per heavy atom. The first-order valence-electron chi connectivity index (χ1n) is 7.99. The van der Waals surface area contributed by atoms with E-state index in [9.17, 15) is 18.4 Å². The molecule has 0 unspecified atom stereocenters. The molecule has 10 heteroatoms. The van der Waals surface area contributed by atoms with Crippen molar-refractivity contribution in [1.29, 1.82) is 0 Å². The molecule has 0 spiro atoms. The van der Waals surface area contributed by atoms with Crippen LogP contribution in [-0.2, 0) is 12.7 Å². The average Bonchev–Trinajstić information content (AvgIpc) is 3.23. The van der Waals surface area contributed by atoms with Gasteiger partial charge in [0, 0.05) is 17.3 Å². The third-order valence-corrected chi connectivity index (χ3v) is 5.01. The van der Waals surface area contributed by atoms with Gasteiger partial charge in [0.2, 0.25) is 5.13 Å². The lowest BCUT2D eigenvalue weighted by Crippen LogP contribution is -2.16. The standard InChI is InChI=1S/C17H16ClF3N4OS/c1-10(2)25-13(7-15(23-25)17(19,20)21)14-8-22-16(27-14)24(26)9-11-3-5-12(18)6-4-11/h3-8,10,26H,9H2,1-2H3. The highest BCUT2D eigenvalue weighted by molar-refractivity contribution is 7.18. The molecule has 0 amide bonds. The number of hydrogen-bond acceptors (Lipinski definition) is 5. The van der Waals surface area contributed by atoms with Crippen LogP contribution in [0, 0.1) is 0 Å². The van der Waals surface area contributed by atoms with Crippen LogP contribution in [0.15, 0.2) is 36.5 Å². The molecule has 3 rings (SSSR count). The maximum atomic E-state index is 13.0. The van der Waals surface area contributed by atoms with Gasteiger partial charge in [0.15, 0.2) is 5.69 Å². The molecule has 2 aromatic heterocycles. The van der Waals surface area contributed by atoms with Gasteiger partial charge in [-0.2, -0.15) is 18.3 Å². The second-order valence-corrected chi connectivity index (χ2v) is 7.59. The molecule has 1 N–H and O–H groups in total. The van der Waals surface area contributed by atoms with Crippen molar-refractivity contribution >= 4 is 28.1 Å². The van der Waals surface area contributed by atoms with Crippen LogP contribution in [0.25, 0.3) is 10.6 Å². The predicted molar refractivity (Wildman–Crippen MR) is 98.1 cm³/mol. The number of aromatic nitrogens is 3. The van der Waals surface area contributed by atoms with Gasteiger partial charge < -0.3 is 0 Å². The van der Waals surface area contributed by atoms with Crippen LogP contribution in [0.4, 0.5) is 18.3 Å². The Morgan fingerprint density at radius 3 is 2.52 bits per heavy atom. The Kier molecular flexibility index (Phi) is 5.45. The maximum Gasteiger partial charge on any atom is 0.435 e. The van der Waals surface area contributed by atoms with Crippen LogP contribution in [-0.4, -0.2) is 20.0 Å². The summed E-state index contributed by atoms with van der Waals surface area (Å²) in [5, 5.41) is 15.7. The first-order chi connectivity index (χ1) is 12.6. The van der Waals surface area contributed by atoms with E-state index in [0.29, 0.717) is 15.6 Å². The van der Waals surface area contributed by atoms with E-state index in [1.165, 1.54) is 10.9 Å². The number of hydroxylamine groups is 1. The number of alkyl halides is 3. The van der Waals surface area contributed by atoms with Crippen molar-refractivity contribution in [2.24, 2.45) is 0 Å². The van der Waals surface area contributed by atoms with Gasteiger partial charge in [0.25, 0.3) is 0 Å². The predicted octanol–water partition coefficient (Wildman–Crippen LogP) is 5.66. The van der Waals surface area contributed by atoms with E-state index in [1.807, 2.05) is 0 Å². The molecule has 0 radical (unpaired) electrons. The zero-order chi connectivity index (χ0) is 19.8. The summed E-state index contributed by atoms with van der Waals surface area (Å²) in [4.78, 5) is 4.61. The highest BCUT2D eigenvalue weighted by Gasteiger charge is 2.35. The Balaban J connectivity index is 1.86. The molecule has 0 bridgehead atoms. The fourth-order valence-electron chi connectivity index (χ4n) is 2.44. The van der Waals surface area contributed by atoms with Crippen molar-refractivity contribution in [2.45, 2.75) is 32.6 Å². The number of nitrogens with zero attached hydrogens (tertiary/aromatic N) is 4. The van der Waals surface area contributed by atoms with E-state index >= 15 is 0 Å². The molecular formula is C17H16ClF3N4OS. The summed E-state index contributed by atoms with van der Waals surface area (Å²) in [7, 11) is 0. The summed E-state index contributed by atoms with van der Waals surface area (Å²) in [6.45, 7) is 3.66. The molecule has 0 aliphatic carbocycles.